The Bertz CT molecular complexity index is 251. The summed E-state index contributed by atoms with van der Waals surface area (Å²) in [5.41, 5.74) is 0.372. The fourth-order valence-corrected chi connectivity index (χ4v) is 3.34. The summed E-state index contributed by atoms with van der Waals surface area (Å²) in [5, 5.41) is 3.65. The SMILES string of the molecule is CCCC(C)(CNCC(C)C)CN(C)CC1CCCO1. The van der Waals surface area contributed by atoms with Gasteiger partial charge in [0.05, 0.1) is 6.10 Å². The van der Waals surface area contributed by atoms with Crippen molar-refractivity contribution in [3.8, 4) is 0 Å². The van der Waals surface area contributed by atoms with E-state index in [1.165, 1.54) is 25.7 Å². The first-order valence-electron chi connectivity index (χ1n) is 8.46. The molecule has 0 radical (unpaired) electrons. The van der Waals surface area contributed by atoms with Crippen LogP contribution in [0.5, 0.6) is 0 Å². The molecule has 2 atom stereocenters. The lowest BCUT2D eigenvalue weighted by Crippen LogP contribution is -2.43. The number of rotatable bonds is 10. The summed E-state index contributed by atoms with van der Waals surface area (Å²) >= 11 is 0. The van der Waals surface area contributed by atoms with Crippen LogP contribution in [-0.4, -0.2) is 50.8 Å². The van der Waals surface area contributed by atoms with Crippen molar-refractivity contribution in [2.45, 2.75) is 59.5 Å². The molecule has 0 aliphatic carbocycles. The van der Waals surface area contributed by atoms with Gasteiger partial charge in [0.2, 0.25) is 0 Å². The third-order valence-electron chi connectivity index (χ3n) is 4.15. The topological polar surface area (TPSA) is 24.5 Å². The molecule has 1 fully saturated rings. The summed E-state index contributed by atoms with van der Waals surface area (Å²) in [6.07, 6.45) is 5.48. The van der Waals surface area contributed by atoms with Gasteiger partial charge >= 0.3 is 0 Å². The largest absolute Gasteiger partial charge is 0.377 e. The van der Waals surface area contributed by atoms with E-state index in [0.717, 1.165) is 38.7 Å². The monoisotopic (exact) mass is 284 g/mol. The third kappa shape index (κ3) is 7.05. The molecule has 0 amide bonds. The minimum atomic E-state index is 0.372. The van der Waals surface area contributed by atoms with Crippen molar-refractivity contribution in [3.63, 3.8) is 0 Å². The van der Waals surface area contributed by atoms with Crippen molar-refractivity contribution >= 4 is 0 Å². The second-order valence-corrected chi connectivity index (χ2v) is 7.42. The molecule has 1 aliphatic rings. The highest BCUT2D eigenvalue weighted by Crippen LogP contribution is 2.24. The Balaban J connectivity index is 2.37. The van der Waals surface area contributed by atoms with Gasteiger partial charge in [-0.2, -0.15) is 0 Å². The molecule has 0 aromatic rings. The zero-order chi connectivity index (χ0) is 15.0. The van der Waals surface area contributed by atoms with Crippen molar-refractivity contribution in [1.82, 2.24) is 10.2 Å². The third-order valence-corrected chi connectivity index (χ3v) is 4.15. The van der Waals surface area contributed by atoms with Crippen LogP contribution < -0.4 is 5.32 Å². The summed E-state index contributed by atoms with van der Waals surface area (Å²) in [5.74, 6) is 0.727. The number of likely N-dealkylation sites (N-methyl/N-ethyl adjacent to an activating group) is 1. The zero-order valence-corrected chi connectivity index (χ0v) is 14.4. The lowest BCUT2D eigenvalue weighted by molar-refractivity contribution is 0.0652. The molecular weight excluding hydrogens is 248 g/mol. The fraction of sp³-hybridized carbons (Fsp3) is 1.00. The Morgan fingerprint density at radius 3 is 2.70 bits per heavy atom. The lowest BCUT2D eigenvalue weighted by Gasteiger charge is -2.35. The summed E-state index contributed by atoms with van der Waals surface area (Å²) in [6.45, 7) is 14.7. The average Bonchev–Trinajstić information content (AvgIpc) is 2.80. The van der Waals surface area contributed by atoms with Gasteiger partial charge in [0.15, 0.2) is 0 Å². The van der Waals surface area contributed by atoms with Gasteiger partial charge in [0, 0.05) is 26.2 Å². The predicted octanol–water partition coefficient (Wildman–Crippen LogP) is 3.15. The molecule has 0 bridgehead atoms. The first-order chi connectivity index (χ1) is 9.45. The first kappa shape index (κ1) is 17.9. The van der Waals surface area contributed by atoms with E-state index in [0.29, 0.717) is 11.5 Å². The summed E-state index contributed by atoms with van der Waals surface area (Å²) in [6, 6.07) is 0. The maximum atomic E-state index is 5.75. The standard InChI is InChI=1S/C17H36N2O/c1-6-9-17(4,13-18-11-15(2)3)14-19(5)12-16-8-7-10-20-16/h15-16,18H,6-14H2,1-5H3. The van der Waals surface area contributed by atoms with Crippen LogP contribution in [0.3, 0.4) is 0 Å². The molecular formula is C17H36N2O. The van der Waals surface area contributed by atoms with Crippen molar-refractivity contribution in [1.29, 1.82) is 0 Å². The Morgan fingerprint density at radius 1 is 1.40 bits per heavy atom. The second-order valence-electron chi connectivity index (χ2n) is 7.42. The number of hydrogen-bond donors (Lipinski definition) is 1. The van der Waals surface area contributed by atoms with E-state index in [9.17, 15) is 0 Å². The quantitative estimate of drug-likeness (QED) is 0.667. The number of nitrogens with one attached hydrogen (secondary N) is 1. The normalized spacial score (nSPS) is 22.6. The lowest BCUT2D eigenvalue weighted by atomic mass is 9.84. The van der Waals surface area contributed by atoms with Crippen molar-refractivity contribution in [3.05, 3.63) is 0 Å². The number of hydrogen-bond acceptors (Lipinski definition) is 3. The first-order valence-corrected chi connectivity index (χ1v) is 8.46. The summed E-state index contributed by atoms with van der Waals surface area (Å²) < 4.78 is 5.75. The van der Waals surface area contributed by atoms with Gasteiger partial charge in [-0.05, 0) is 44.2 Å². The Hall–Kier alpha value is -0.120. The number of ether oxygens (including phenoxy) is 1. The molecule has 0 spiro atoms. The van der Waals surface area contributed by atoms with E-state index >= 15 is 0 Å². The molecule has 0 saturated carbocycles. The number of nitrogens with zero attached hydrogens (tertiary/aromatic N) is 1. The molecule has 0 aromatic heterocycles. The van der Waals surface area contributed by atoms with E-state index in [4.69, 9.17) is 4.74 Å². The summed E-state index contributed by atoms with van der Waals surface area (Å²) in [7, 11) is 2.25. The van der Waals surface area contributed by atoms with Crippen molar-refractivity contribution in [2.75, 3.05) is 39.8 Å². The van der Waals surface area contributed by atoms with Gasteiger partial charge in [0.25, 0.3) is 0 Å². The van der Waals surface area contributed by atoms with E-state index in [-0.39, 0.29) is 0 Å². The molecule has 1 saturated heterocycles. The molecule has 120 valence electrons. The van der Waals surface area contributed by atoms with Crippen molar-refractivity contribution < 1.29 is 4.74 Å². The van der Waals surface area contributed by atoms with Crippen LogP contribution in [-0.2, 0) is 4.74 Å². The smallest absolute Gasteiger partial charge is 0.0702 e. The molecule has 3 heteroatoms. The summed E-state index contributed by atoms with van der Waals surface area (Å²) in [4.78, 5) is 2.47. The van der Waals surface area contributed by atoms with Gasteiger partial charge in [-0.15, -0.1) is 0 Å². The van der Waals surface area contributed by atoms with Crippen LogP contribution in [0.25, 0.3) is 0 Å². The van der Waals surface area contributed by atoms with Crippen LogP contribution in [0.1, 0.15) is 53.4 Å². The van der Waals surface area contributed by atoms with Crippen LogP contribution in [0.4, 0.5) is 0 Å². The Morgan fingerprint density at radius 2 is 2.15 bits per heavy atom. The molecule has 0 aromatic carbocycles. The molecule has 1 rings (SSSR count). The maximum Gasteiger partial charge on any atom is 0.0702 e. The van der Waals surface area contributed by atoms with Crippen molar-refractivity contribution in [2.24, 2.45) is 11.3 Å². The minimum Gasteiger partial charge on any atom is -0.377 e. The molecule has 20 heavy (non-hydrogen) atoms. The van der Waals surface area contributed by atoms with Crippen LogP contribution in [0.15, 0.2) is 0 Å². The second kappa shape index (κ2) is 9.01. The molecule has 1 aliphatic heterocycles. The average molecular weight is 284 g/mol. The van der Waals surface area contributed by atoms with Gasteiger partial charge in [-0.3, -0.25) is 0 Å². The molecule has 3 nitrogen and oxygen atoms in total. The van der Waals surface area contributed by atoms with E-state index in [2.05, 4.69) is 45.0 Å². The van der Waals surface area contributed by atoms with E-state index in [1.807, 2.05) is 0 Å². The van der Waals surface area contributed by atoms with E-state index < -0.39 is 0 Å². The van der Waals surface area contributed by atoms with Crippen LogP contribution in [0, 0.1) is 11.3 Å². The van der Waals surface area contributed by atoms with Gasteiger partial charge in [-0.25, -0.2) is 0 Å². The highest BCUT2D eigenvalue weighted by Gasteiger charge is 2.26. The molecule has 1 heterocycles. The molecule has 2 unspecified atom stereocenters. The zero-order valence-electron chi connectivity index (χ0n) is 14.4. The Kier molecular flexibility index (Phi) is 8.08. The fourth-order valence-electron chi connectivity index (χ4n) is 3.34. The maximum absolute atomic E-state index is 5.75. The Labute approximate surface area is 126 Å². The molecule has 1 N–H and O–H groups in total. The highest BCUT2D eigenvalue weighted by molar-refractivity contribution is 4.81. The van der Waals surface area contributed by atoms with Gasteiger partial charge in [-0.1, -0.05) is 34.1 Å². The van der Waals surface area contributed by atoms with Crippen LogP contribution in [0.2, 0.25) is 0 Å². The minimum absolute atomic E-state index is 0.372. The predicted molar refractivity (Wildman–Crippen MR) is 87.2 cm³/mol. The highest BCUT2D eigenvalue weighted by atomic mass is 16.5. The van der Waals surface area contributed by atoms with E-state index in [1.54, 1.807) is 0 Å². The van der Waals surface area contributed by atoms with Gasteiger partial charge < -0.3 is 15.0 Å². The van der Waals surface area contributed by atoms with Gasteiger partial charge in [0.1, 0.15) is 0 Å². The van der Waals surface area contributed by atoms with Crippen LogP contribution >= 0.6 is 0 Å².